The van der Waals surface area contributed by atoms with E-state index in [0.717, 1.165) is 4.90 Å². The summed E-state index contributed by atoms with van der Waals surface area (Å²) in [6, 6.07) is 0.0743. The van der Waals surface area contributed by atoms with E-state index in [9.17, 15) is 8.42 Å². The van der Waals surface area contributed by atoms with Crippen LogP contribution in [0.5, 0.6) is 0 Å². The summed E-state index contributed by atoms with van der Waals surface area (Å²) in [5.41, 5.74) is 0. The van der Waals surface area contributed by atoms with E-state index in [1.807, 2.05) is 13.2 Å². The van der Waals surface area contributed by atoms with Gasteiger partial charge in [0, 0.05) is 43.0 Å². The molecule has 0 aromatic carbocycles. The molecular formula is C12H20N4O2S2. The van der Waals surface area contributed by atoms with Crippen molar-refractivity contribution in [2.45, 2.75) is 24.8 Å². The molecule has 0 saturated carbocycles. The van der Waals surface area contributed by atoms with Crippen molar-refractivity contribution in [3.8, 4) is 0 Å². The first-order valence-electron chi connectivity index (χ1n) is 6.58. The topological polar surface area (TPSA) is 66.4 Å². The Balaban J connectivity index is 2.09. The number of sulfonamides is 1. The summed E-state index contributed by atoms with van der Waals surface area (Å²) in [4.78, 5) is 11.8. The zero-order chi connectivity index (χ0) is 14.8. The Labute approximate surface area is 124 Å². The molecule has 0 amide bonds. The van der Waals surface area contributed by atoms with Gasteiger partial charge in [-0.1, -0.05) is 0 Å². The second-order valence-electron chi connectivity index (χ2n) is 4.72. The smallest absolute Gasteiger partial charge is 0.225 e. The lowest BCUT2D eigenvalue weighted by Crippen LogP contribution is -2.54. The highest BCUT2D eigenvalue weighted by Gasteiger charge is 2.31. The van der Waals surface area contributed by atoms with Gasteiger partial charge in [0.05, 0.1) is 5.75 Å². The zero-order valence-corrected chi connectivity index (χ0v) is 13.6. The van der Waals surface area contributed by atoms with E-state index in [2.05, 4.69) is 14.9 Å². The lowest BCUT2D eigenvalue weighted by molar-refractivity contribution is 0.340. The maximum atomic E-state index is 11.9. The van der Waals surface area contributed by atoms with Gasteiger partial charge in [0.2, 0.25) is 16.0 Å². The second kappa shape index (κ2) is 6.28. The first kappa shape index (κ1) is 15.5. The van der Waals surface area contributed by atoms with Crippen molar-refractivity contribution in [3.63, 3.8) is 0 Å². The van der Waals surface area contributed by atoms with Crippen LogP contribution in [0.4, 0.5) is 5.95 Å². The zero-order valence-electron chi connectivity index (χ0n) is 12.0. The predicted octanol–water partition coefficient (Wildman–Crippen LogP) is 1.06. The average molecular weight is 316 g/mol. The Morgan fingerprint density at radius 3 is 2.50 bits per heavy atom. The van der Waals surface area contributed by atoms with Crippen LogP contribution in [0.3, 0.4) is 0 Å². The van der Waals surface area contributed by atoms with E-state index < -0.39 is 10.0 Å². The van der Waals surface area contributed by atoms with Gasteiger partial charge in [0.25, 0.3) is 0 Å². The number of thioether (sulfide) groups is 1. The number of piperazine rings is 1. The van der Waals surface area contributed by atoms with Crippen LogP contribution in [0.2, 0.25) is 0 Å². The molecule has 1 aliphatic rings. The Kier molecular flexibility index (Phi) is 4.87. The molecule has 0 N–H and O–H groups in total. The number of hydrogen-bond donors (Lipinski definition) is 0. The molecular weight excluding hydrogens is 296 g/mol. The molecule has 0 radical (unpaired) electrons. The summed E-state index contributed by atoms with van der Waals surface area (Å²) in [6.07, 6.45) is 5.58. The third-order valence-electron chi connectivity index (χ3n) is 3.46. The molecule has 2 heterocycles. The number of anilines is 1. The number of rotatable bonds is 4. The Morgan fingerprint density at radius 2 is 2.00 bits per heavy atom. The second-order valence-corrected chi connectivity index (χ2v) is 7.86. The van der Waals surface area contributed by atoms with E-state index in [-0.39, 0.29) is 11.8 Å². The maximum absolute atomic E-state index is 11.9. The van der Waals surface area contributed by atoms with Crippen LogP contribution in [0.25, 0.3) is 0 Å². The molecule has 0 bridgehead atoms. The van der Waals surface area contributed by atoms with Gasteiger partial charge in [-0.25, -0.2) is 18.4 Å². The Morgan fingerprint density at radius 1 is 1.35 bits per heavy atom. The summed E-state index contributed by atoms with van der Waals surface area (Å²) < 4.78 is 25.4. The molecule has 1 aromatic rings. The number of nitrogens with zero attached hydrogens (tertiary/aromatic N) is 4. The van der Waals surface area contributed by atoms with Crippen LogP contribution in [-0.4, -0.2) is 60.4 Å². The van der Waals surface area contributed by atoms with Crippen molar-refractivity contribution < 1.29 is 8.42 Å². The SMILES string of the molecule is CCS(=O)(=O)N1CCN(c2ncc(SC)cn2)[C@H](C)C1. The summed E-state index contributed by atoms with van der Waals surface area (Å²) in [5, 5.41) is 0. The van der Waals surface area contributed by atoms with Gasteiger partial charge in [-0.3, -0.25) is 0 Å². The van der Waals surface area contributed by atoms with Crippen molar-refractivity contribution >= 4 is 27.7 Å². The van der Waals surface area contributed by atoms with Crippen LogP contribution >= 0.6 is 11.8 Å². The van der Waals surface area contributed by atoms with Crippen molar-refractivity contribution in [1.82, 2.24) is 14.3 Å². The van der Waals surface area contributed by atoms with Crippen LogP contribution in [-0.2, 0) is 10.0 Å². The molecule has 112 valence electrons. The summed E-state index contributed by atoms with van der Waals surface area (Å²) >= 11 is 1.60. The van der Waals surface area contributed by atoms with Crippen molar-refractivity contribution in [2.24, 2.45) is 0 Å². The third-order valence-corrected chi connectivity index (χ3v) is 5.99. The monoisotopic (exact) mass is 316 g/mol. The normalized spacial score (nSPS) is 21.1. The predicted molar refractivity (Wildman–Crippen MR) is 81.7 cm³/mol. The molecule has 20 heavy (non-hydrogen) atoms. The van der Waals surface area contributed by atoms with Gasteiger partial charge in [0.15, 0.2) is 0 Å². The minimum atomic E-state index is -3.11. The molecule has 6 nitrogen and oxygen atoms in total. The van der Waals surface area contributed by atoms with Gasteiger partial charge in [0.1, 0.15) is 0 Å². The fourth-order valence-electron chi connectivity index (χ4n) is 2.22. The van der Waals surface area contributed by atoms with E-state index >= 15 is 0 Å². The van der Waals surface area contributed by atoms with E-state index in [0.29, 0.717) is 25.6 Å². The minimum Gasteiger partial charge on any atom is -0.335 e. The quantitative estimate of drug-likeness (QED) is 0.774. The molecule has 8 heteroatoms. The summed E-state index contributed by atoms with van der Waals surface area (Å²) in [6.45, 7) is 5.29. The average Bonchev–Trinajstić information content (AvgIpc) is 2.47. The fraction of sp³-hybridized carbons (Fsp3) is 0.667. The molecule has 0 unspecified atom stereocenters. The molecule has 1 saturated heterocycles. The number of aromatic nitrogens is 2. The highest BCUT2D eigenvalue weighted by atomic mass is 32.2. The number of hydrogen-bond acceptors (Lipinski definition) is 6. The molecule has 0 aliphatic carbocycles. The van der Waals surface area contributed by atoms with Crippen LogP contribution in [0.15, 0.2) is 17.3 Å². The van der Waals surface area contributed by atoms with E-state index in [1.165, 1.54) is 0 Å². The first-order chi connectivity index (χ1) is 9.47. The molecule has 0 spiro atoms. The van der Waals surface area contributed by atoms with Crippen LogP contribution in [0, 0.1) is 0 Å². The van der Waals surface area contributed by atoms with E-state index in [4.69, 9.17) is 0 Å². The Hall–Kier alpha value is -0.860. The molecule has 1 aromatic heterocycles. The van der Waals surface area contributed by atoms with Gasteiger partial charge >= 0.3 is 0 Å². The first-order valence-corrected chi connectivity index (χ1v) is 9.42. The third kappa shape index (κ3) is 3.24. The molecule has 1 aliphatic heterocycles. The molecule has 2 rings (SSSR count). The van der Waals surface area contributed by atoms with Gasteiger partial charge in [-0.15, -0.1) is 11.8 Å². The van der Waals surface area contributed by atoms with Gasteiger partial charge < -0.3 is 4.90 Å². The molecule has 1 fully saturated rings. The highest BCUT2D eigenvalue weighted by molar-refractivity contribution is 7.98. The Bertz CT molecular complexity index is 547. The van der Waals surface area contributed by atoms with Crippen LogP contribution in [0.1, 0.15) is 13.8 Å². The minimum absolute atomic E-state index is 0.0743. The fourth-order valence-corrected chi connectivity index (χ4v) is 3.70. The largest absolute Gasteiger partial charge is 0.335 e. The highest BCUT2D eigenvalue weighted by Crippen LogP contribution is 2.20. The van der Waals surface area contributed by atoms with Crippen molar-refractivity contribution in [2.75, 3.05) is 36.5 Å². The summed E-state index contributed by atoms with van der Waals surface area (Å²) in [5.74, 6) is 0.822. The molecule has 1 atom stereocenters. The van der Waals surface area contributed by atoms with E-state index in [1.54, 1.807) is 35.4 Å². The maximum Gasteiger partial charge on any atom is 0.225 e. The van der Waals surface area contributed by atoms with Crippen LogP contribution < -0.4 is 4.90 Å². The summed E-state index contributed by atoms with van der Waals surface area (Å²) in [7, 11) is -3.11. The van der Waals surface area contributed by atoms with Gasteiger partial charge in [-0.05, 0) is 20.1 Å². The lowest BCUT2D eigenvalue weighted by atomic mass is 10.2. The van der Waals surface area contributed by atoms with Gasteiger partial charge in [-0.2, -0.15) is 4.31 Å². The van der Waals surface area contributed by atoms with Crippen molar-refractivity contribution in [3.05, 3.63) is 12.4 Å². The van der Waals surface area contributed by atoms with Crippen molar-refractivity contribution in [1.29, 1.82) is 0 Å². The lowest BCUT2D eigenvalue weighted by Gasteiger charge is -2.39. The standard InChI is InChI=1S/C12H20N4O2S2/c1-4-20(17,18)15-5-6-16(10(2)9-15)12-13-7-11(19-3)8-14-12/h7-8,10H,4-6,9H2,1-3H3/t10-/m1/s1.